The molecule has 7 heteroatoms. The van der Waals surface area contributed by atoms with Crippen molar-refractivity contribution in [3.63, 3.8) is 0 Å². The Morgan fingerprint density at radius 1 is 1.14 bits per heavy atom. The number of benzene rings is 1. The monoisotopic (exact) mass is 425 g/mol. The van der Waals surface area contributed by atoms with Crippen LogP contribution in [0, 0.1) is 5.82 Å². The highest BCUT2D eigenvalue weighted by Gasteiger charge is 2.36. The van der Waals surface area contributed by atoms with Crippen LogP contribution in [0.3, 0.4) is 0 Å². The van der Waals surface area contributed by atoms with Crippen molar-refractivity contribution in [3.05, 3.63) is 35.7 Å². The van der Waals surface area contributed by atoms with Crippen LogP contribution in [0.1, 0.15) is 47.1 Å². The molecular formula is C22H36FNO4Si. The Morgan fingerprint density at radius 2 is 1.79 bits per heavy atom. The number of halogens is 1. The van der Waals surface area contributed by atoms with E-state index in [1.807, 2.05) is 0 Å². The summed E-state index contributed by atoms with van der Waals surface area (Å²) in [6, 6.07) is 4.37. The first-order valence-corrected chi connectivity index (χ1v) is 12.8. The lowest BCUT2D eigenvalue weighted by Crippen LogP contribution is -2.41. The number of carbonyl (C=O) groups excluding carboxylic acids is 1. The van der Waals surface area contributed by atoms with Crippen molar-refractivity contribution in [2.24, 2.45) is 0 Å². The van der Waals surface area contributed by atoms with E-state index in [0.717, 1.165) is 5.56 Å². The molecule has 29 heavy (non-hydrogen) atoms. The largest absolute Gasteiger partial charge is 0.491 e. The molecule has 0 aliphatic carbocycles. The predicted octanol–water partition coefficient (Wildman–Crippen LogP) is 5.76. The van der Waals surface area contributed by atoms with Gasteiger partial charge in [0.25, 0.3) is 0 Å². The molecule has 164 valence electrons. The molecular weight excluding hydrogens is 389 g/mol. The van der Waals surface area contributed by atoms with Gasteiger partial charge in [0.1, 0.15) is 23.8 Å². The van der Waals surface area contributed by atoms with E-state index in [-0.39, 0.29) is 10.9 Å². The quantitative estimate of drug-likeness (QED) is 0.425. The molecule has 1 amide bonds. The van der Waals surface area contributed by atoms with E-state index in [2.05, 4.69) is 39.2 Å². The summed E-state index contributed by atoms with van der Waals surface area (Å²) in [6.07, 6.45) is 3.05. The zero-order valence-electron chi connectivity index (χ0n) is 19.0. The van der Waals surface area contributed by atoms with Crippen molar-refractivity contribution in [1.82, 2.24) is 5.32 Å². The second-order valence-electron chi connectivity index (χ2n) is 9.42. The molecule has 0 aromatic heterocycles. The lowest BCUT2D eigenvalue weighted by molar-refractivity contribution is 0.0534. The Hall–Kier alpha value is -1.86. The number of alkyl carbamates (subject to hydrolysis) is 1. The summed E-state index contributed by atoms with van der Waals surface area (Å²) in [4.78, 5) is 11.7. The summed E-state index contributed by atoms with van der Waals surface area (Å²) in [5.41, 5.74) is 0.183. The van der Waals surface area contributed by atoms with Crippen LogP contribution in [-0.4, -0.2) is 39.8 Å². The van der Waals surface area contributed by atoms with Crippen LogP contribution in [0.25, 0.3) is 6.08 Å². The van der Waals surface area contributed by atoms with Crippen molar-refractivity contribution in [3.8, 4) is 5.75 Å². The molecule has 0 saturated heterocycles. The van der Waals surface area contributed by atoms with Gasteiger partial charge < -0.3 is 19.2 Å². The summed E-state index contributed by atoms with van der Waals surface area (Å²) >= 11 is 0. The van der Waals surface area contributed by atoms with Gasteiger partial charge in [0, 0.05) is 18.2 Å². The van der Waals surface area contributed by atoms with Crippen molar-refractivity contribution in [2.75, 3.05) is 19.8 Å². The summed E-state index contributed by atoms with van der Waals surface area (Å²) < 4.78 is 30.7. The van der Waals surface area contributed by atoms with Gasteiger partial charge in [-0.15, -0.1) is 0 Å². The van der Waals surface area contributed by atoms with Crippen molar-refractivity contribution < 1.29 is 23.1 Å². The molecule has 0 aliphatic rings. The number of rotatable bonds is 8. The zero-order chi connectivity index (χ0) is 22.3. The maximum atomic E-state index is 13.7. The molecule has 1 aromatic rings. The molecule has 1 aromatic carbocycles. The fourth-order valence-electron chi connectivity index (χ4n) is 2.08. The topological polar surface area (TPSA) is 56.8 Å². The number of amides is 1. The minimum atomic E-state index is -1.84. The Balaban J connectivity index is 2.60. The normalized spacial score (nSPS) is 12.9. The highest BCUT2D eigenvalue weighted by atomic mass is 28.4. The van der Waals surface area contributed by atoms with E-state index in [4.69, 9.17) is 13.9 Å². The van der Waals surface area contributed by atoms with E-state index >= 15 is 0 Å². The van der Waals surface area contributed by atoms with Crippen LogP contribution in [0.5, 0.6) is 5.75 Å². The third kappa shape index (κ3) is 9.45. The number of hydrogen-bond donors (Lipinski definition) is 1. The maximum Gasteiger partial charge on any atom is 0.407 e. The van der Waals surface area contributed by atoms with Gasteiger partial charge in [-0.2, -0.15) is 0 Å². The average molecular weight is 426 g/mol. The summed E-state index contributed by atoms with van der Waals surface area (Å²) in [6.45, 7) is 17.4. The first-order valence-electron chi connectivity index (χ1n) is 9.91. The first kappa shape index (κ1) is 25.2. The van der Waals surface area contributed by atoms with Gasteiger partial charge in [0.05, 0.1) is 6.61 Å². The van der Waals surface area contributed by atoms with E-state index < -0.39 is 20.0 Å². The number of hydrogen-bond acceptors (Lipinski definition) is 4. The van der Waals surface area contributed by atoms with Crippen LogP contribution in [0.2, 0.25) is 18.1 Å². The third-order valence-corrected chi connectivity index (χ3v) is 9.18. The van der Waals surface area contributed by atoms with Crippen molar-refractivity contribution in [1.29, 1.82) is 0 Å². The number of nitrogens with one attached hydrogen (secondary N) is 1. The molecule has 0 fully saturated rings. The van der Waals surface area contributed by atoms with E-state index in [9.17, 15) is 9.18 Å². The van der Waals surface area contributed by atoms with E-state index in [1.54, 1.807) is 39.0 Å². The second-order valence-corrected chi connectivity index (χ2v) is 14.2. The molecule has 0 radical (unpaired) electrons. The summed E-state index contributed by atoms with van der Waals surface area (Å²) in [5, 5.41) is 2.77. The van der Waals surface area contributed by atoms with Crippen LogP contribution < -0.4 is 10.1 Å². The van der Waals surface area contributed by atoms with Crippen molar-refractivity contribution in [2.45, 2.75) is 65.3 Å². The van der Waals surface area contributed by atoms with Crippen LogP contribution in [0.4, 0.5) is 9.18 Å². The molecule has 0 saturated carbocycles. The highest BCUT2D eigenvalue weighted by Crippen LogP contribution is 2.36. The minimum Gasteiger partial charge on any atom is -0.491 e. The van der Waals surface area contributed by atoms with Gasteiger partial charge in [0.15, 0.2) is 8.32 Å². The van der Waals surface area contributed by atoms with E-state index in [1.165, 1.54) is 12.1 Å². The van der Waals surface area contributed by atoms with Gasteiger partial charge in [-0.05, 0) is 51.0 Å². The third-order valence-electron chi connectivity index (χ3n) is 4.65. The molecule has 0 heterocycles. The summed E-state index contributed by atoms with van der Waals surface area (Å²) in [5.74, 6) is 0.0756. The Morgan fingerprint density at radius 3 is 2.38 bits per heavy atom. The molecule has 0 atom stereocenters. The van der Waals surface area contributed by atoms with Gasteiger partial charge in [-0.3, -0.25) is 0 Å². The molecule has 0 bridgehead atoms. The van der Waals surface area contributed by atoms with E-state index in [0.29, 0.717) is 25.5 Å². The lowest BCUT2D eigenvalue weighted by Gasteiger charge is -2.36. The fraction of sp³-hybridized carbons (Fsp3) is 0.591. The zero-order valence-corrected chi connectivity index (χ0v) is 20.0. The molecule has 5 nitrogen and oxygen atoms in total. The first-order chi connectivity index (χ1) is 13.2. The molecule has 1 rings (SSSR count). The predicted molar refractivity (Wildman–Crippen MR) is 118 cm³/mol. The average Bonchev–Trinajstić information content (AvgIpc) is 2.54. The van der Waals surface area contributed by atoms with Gasteiger partial charge >= 0.3 is 6.09 Å². The fourth-order valence-corrected chi connectivity index (χ4v) is 3.10. The van der Waals surface area contributed by atoms with Gasteiger partial charge in [-0.1, -0.05) is 32.9 Å². The Kier molecular flexibility index (Phi) is 8.90. The Labute approximate surface area is 175 Å². The van der Waals surface area contributed by atoms with Crippen molar-refractivity contribution >= 4 is 20.5 Å². The minimum absolute atomic E-state index is 0.126. The van der Waals surface area contributed by atoms with Gasteiger partial charge in [0.2, 0.25) is 0 Å². The standard InChI is InChI=1S/C22H36FNO4Si/c1-21(2,3)28-20(25)24-13-9-10-17-11-12-18(23)16-19(17)26-14-15-27-29(7,8)22(4,5)6/h9-12,16H,13-15H2,1-8H3,(H,24,25)/b10-9+. The molecule has 1 N–H and O–H groups in total. The molecule has 0 spiro atoms. The molecule has 0 unspecified atom stereocenters. The molecule has 0 aliphatic heterocycles. The van der Waals surface area contributed by atoms with Crippen LogP contribution >= 0.6 is 0 Å². The highest BCUT2D eigenvalue weighted by molar-refractivity contribution is 6.74. The van der Waals surface area contributed by atoms with Gasteiger partial charge in [-0.25, -0.2) is 9.18 Å². The second kappa shape index (κ2) is 10.3. The maximum absolute atomic E-state index is 13.7. The Bertz CT molecular complexity index is 706. The smallest absolute Gasteiger partial charge is 0.407 e. The van der Waals surface area contributed by atoms with Crippen LogP contribution in [0.15, 0.2) is 24.3 Å². The SMILES string of the molecule is CC(C)(C)OC(=O)NC/C=C/c1ccc(F)cc1OCCO[Si](C)(C)C(C)(C)C. The van der Waals surface area contributed by atoms with Crippen LogP contribution in [-0.2, 0) is 9.16 Å². The summed E-state index contributed by atoms with van der Waals surface area (Å²) in [7, 11) is -1.84. The number of carbonyl (C=O) groups is 1. The number of ether oxygens (including phenoxy) is 2. The lowest BCUT2D eigenvalue weighted by atomic mass is 10.2.